The Bertz CT molecular complexity index is 809. The molecule has 1 atom stereocenters. The lowest BCUT2D eigenvalue weighted by Gasteiger charge is -2.31. The first-order valence-electron chi connectivity index (χ1n) is 10.1. The van der Waals surface area contributed by atoms with E-state index in [0.29, 0.717) is 23.7 Å². The molecule has 1 heterocycles. The van der Waals surface area contributed by atoms with Crippen molar-refractivity contribution >= 4 is 23.2 Å². The number of fused-ring (bicyclic) bond motifs is 1. The van der Waals surface area contributed by atoms with Crippen LogP contribution in [0.4, 0.5) is 5.69 Å². The molecule has 28 heavy (non-hydrogen) atoms. The van der Waals surface area contributed by atoms with Gasteiger partial charge in [0.1, 0.15) is 5.75 Å². The molecule has 0 fully saturated rings. The Morgan fingerprint density at radius 1 is 1.29 bits per heavy atom. The fourth-order valence-corrected chi connectivity index (χ4v) is 3.73. The summed E-state index contributed by atoms with van der Waals surface area (Å²) in [5.74, 6) is 0.614. The minimum absolute atomic E-state index is 0.0610. The third-order valence-electron chi connectivity index (χ3n) is 5.18. The molecule has 0 bridgehead atoms. The number of halogens is 1. The maximum absolute atomic E-state index is 12.5. The summed E-state index contributed by atoms with van der Waals surface area (Å²) in [6, 6.07) is 14.1. The van der Waals surface area contributed by atoms with Gasteiger partial charge in [-0.05, 0) is 68.0 Å². The molecule has 150 valence electrons. The van der Waals surface area contributed by atoms with Crippen molar-refractivity contribution in [1.29, 1.82) is 0 Å². The van der Waals surface area contributed by atoms with Gasteiger partial charge in [-0.15, -0.1) is 0 Å². The zero-order chi connectivity index (χ0) is 19.9. The molecule has 1 aliphatic heterocycles. The van der Waals surface area contributed by atoms with Gasteiger partial charge in [0.2, 0.25) is 0 Å². The van der Waals surface area contributed by atoms with Crippen molar-refractivity contribution in [2.24, 2.45) is 0 Å². The van der Waals surface area contributed by atoms with Crippen molar-refractivity contribution in [1.82, 2.24) is 5.32 Å². The maximum atomic E-state index is 12.5. The molecular weight excluding hydrogens is 372 g/mol. The van der Waals surface area contributed by atoms with Crippen LogP contribution in [0.5, 0.6) is 5.75 Å². The number of hydrogen-bond acceptors (Lipinski definition) is 3. The Hall–Kier alpha value is -2.20. The molecule has 0 radical (unpaired) electrons. The summed E-state index contributed by atoms with van der Waals surface area (Å²) in [6.07, 6.45) is 3.39. The third-order valence-corrected chi connectivity index (χ3v) is 5.61. The number of hydrogen-bond donors (Lipinski definition) is 1. The molecule has 0 aliphatic carbocycles. The second-order valence-corrected chi connectivity index (χ2v) is 7.70. The van der Waals surface area contributed by atoms with E-state index in [4.69, 9.17) is 16.3 Å². The van der Waals surface area contributed by atoms with Crippen LogP contribution in [-0.2, 0) is 11.2 Å². The topological polar surface area (TPSA) is 41.6 Å². The number of anilines is 1. The molecule has 2 aromatic carbocycles. The van der Waals surface area contributed by atoms with E-state index < -0.39 is 6.10 Å². The van der Waals surface area contributed by atoms with Crippen LogP contribution in [0.3, 0.4) is 0 Å². The fraction of sp³-hybridized carbons (Fsp3) is 0.435. The monoisotopic (exact) mass is 400 g/mol. The van der Waals surface area contributed by atoms with E-state index in [2.05, 4.69) is 34.5 Å². The Labute approximate surface area is 172 Å². The Balaban J connectivity index is 1.46. The molecule has 5 heteroatoms. The van der Waals surface area contributed by atoms with Crippen molar-refractivity contribution in [3.05, 3.63) is 58.6 Å². The van der Waals surface area contributed by atoms with Crippen molar-refractivity contribution in [3.8, 4) is 5.75 Å². The quantitative estimate of drug-likeness (QED) is 0.649. The number of nitrogens with zero attached hydrogens (tertiary/aromatic N) is 1. The summed E-state index contributed by atoms with van der Waals surface area (Å²) in [7, 11) is 0. The summed E-state index contributed by atoms with van der Waals surface area (Å²) in [6.45, 7) is 6.57. The summed E-state index contributed by atoms with van der Waals surface area (Å²) in [4.78, 5) is 14.9. The number of ether oxygens (including phenoxy) is 1. The van der Waals surface area contributed by atoms with Crippen molar-refractivity contribution < 1.29 is 9.53 Å². The first kappa shape index (κ1) is 20.5. The van der Waals surface area contributed by atoms with Gasteiger partial charge in [0, 0.05) is 30.3 Å². The largest absolute Gasteiger partial charge is 0.481 e. The van der Waals surface area contributed by atoms with E-state index in [9.17, 15) is 4.79 Å². The van der Waals surface area contributed by atoms with E-state index in [1.807, 2.05) is 19.9 Å². The highest BCUT2D eigenvalue weighted by Crippen LogP contribution is 2.26. The highest BCUT2D eigenvalue weighted by Gasteiger charge is 2.19. The Kier molecular flexibility index (Phi) is 7.21. The number of rotatable bonds is 8. The van der Waals surface area contributed by atoms with Gasteiger partial charge in [0.05, 0.1) is 0 Å². The second kappa shape index (κ2) is 9.83. The van der Waals surface area contributed by atoms with Crippen LogP contribution in [-0.4, -0.2) is 31.6 Å². The zero-order valence-corrected chi connectivity index (χ0v) is 17.5. The second-order valence-electron chi connectivity index (χ2n) is 7.29. The number of carbonyl (C=O) groups is 1. The number of amides is 1. The first-order chi connectivity index (χ1) is 13.6. The SMILES string of the molecule is CCC(Oc1ccc(Cl)c(C)c1)C(=O)NCCCN1CCCc2ccccc21. The van der Waals surface area contributed by atoms with Gasteiger partial charge in [-0.3, -0.25) is 4.79 Å². The Morgan fingerprint density at radius 2 is 2.11 bits per heavy atom. The summed E-state index contributed by atoms with van der Waals surface area (Å²) >= 11 is 6.05. The molecular formula is C23H29ClN2O2. The van der Waals surface area contributed by atoms with Crippen LogP contribution in [0.2, 0.25) is 5.02 Å². The normalized spacial score (nSPS) is 14.3. The lowest BCUT2D eigenvalue weighted by atomic mass is 10.0. The van der Waals surface area contributed by atoms with E-state index in [0.717, 1.165) is 31.5 Å². The molecule has 1 unspecified atom stereocenters. The molecule has 0 saturated heterocycles. The fourth-order valence-electron chi connectivity index (χ4n) is 3.62. The highest BCUT2D eigenvalue weighted by atomic mass is 35.5. The molecule has 0 aromatic heterocycles. The van der Waals surface area contributed by atoms with Crippen LogP contribution in [0.15, 0.2) is 42.5 Å². The minimum atomic E-state index is -0.490. The average Bonchev–Trinajstić information content (AvgIpc) is 2.71. The molecule has 1 N–H and O–H groups in total. The molecule has 4 nitrogen and oxygen atoms in total. The first-order valence-corrected chi connectivity index (χ1v) is 10.5. The van der Waals surface area contributed by atoms with E-state index in [-0.39, 0.29) is 5.91 Å². The molecule has 0 spiro atoms. The standard InChI is InChI=1S/C23H29ClN2O2/c1-3-22(28-19-11-12-20(24)17(2)16-19)23(27)25-13-7-15-26-14-6-9-18-8-4-5-10-21(18)26/h4-5,8,10-12,16,22H,3,6-7,9,13-15H2,1-2H3,(H,25,27). The van der Waals surface area contributed by atoms with Gasteiger partial charge < -0.3 is 15.0 Å². The summed E-state index contributed by atoms with van der Waals surface area (Å²) < 4.78 is 5.87. The zero-order valence-electron chi connectivity index (χ0n) is 16.7. The molecule has 1 amide bonds. The van der Waals surface area contributed by atoms with Crippen LogP contribution >= 0.6 is 11.6 Å². The van der Waals surface area contributed by atoms with Crippen LogP contribution in [0.25, 0.3) is 0 Å². The molecule has 2 aromatic rings. The number of para-hydroxylation sites is 1. The van der Waals surface area contributed by atoms with Gasteiger partial charge in [-0.1, -0.05) is 36.7 Å². The van der Waals surface area contributed by atoms with Crippen molar-refractivity contribution in [2.75, 3.05) is 24.5 Å². The van der Waals surface area contributed by atoms with Crippen LogP contribution in [0, 0.1) is 6.92 Å². The number of carbonyl (C=O) groups excluding carboxylic acids is 1. The van der Waals surface area contributed by atoms with Gasteiger partial charge in [-0.25, -0.2) is 0 Å². The van der Waals surface area contributed by atoms with Gasteiger partial charge in [0.15, 0.2) is 6.10 Å². The van der Waals surface area contributed by atoms with Crippen LogP contribution < -0.4 is 15.0 Å². The third kappa shape index (κ3) is 5.20. The van der Waals surface area contributed by atoms with Crippen molar-refractivity contribution in [2.45, 2.75) is 45.6 Å². The number of aryl methyl sites for hydroxylation is 2. The maximum Gasteiger partial charge on any atom is 0.261 e. The summed E-state index contributed by atoms with van der Waals surface area (Å²) in [5.41, 5.74) is 3.71. The highest BCUT2D eigenvalue weighted by molar-refractivity contribution is 6.31. The van der Waals surface area contributed by atoms with E-state index in [1.165, 1.54) is 17.7 Å². The number of benzene rings is 2. The van der Waals surface area contributed by atoms with Gasteiger partial charge in [-0.2, -0.15) is 0 Å². The van der Waals surface area contributed by atoms with Gasteiger partial charge in [0.25, 0.3) is 5.91 Å². The predicted octanol–water partition coefficient (Wildman–Crippen LogP) is 4.76. The van der Waals surface area contributed by atoms with E-state index >= 15 is 0 Å². The van der Waals surface area contributed by atoms with Gasteiger partial charge >= 0.3 is 0 Å². The number of nitrogens with one attached hydrogen (secondary N) is 1. The smallest absolute Gasteiger partial charge is 0.261 e. The predicted molar refractivity (Wildman–Crippen MR) is 115 cm³/mol. The summed E-state index contributed by atoms with van der Waals surface area (Å²) in [5, 5.41) is 3.73. The lowest BCUT2D eigenvalue weighted by Crippen LogP contribution is -2.39. The van der Waals surface area contributed by atoms with E-state index in [1.54, 1.807) is 12.1 Å². The molecule has 0 saturated carbocycles. The lowest BCUT2D eigenvalue weighted by molar-refractivity contribution is -0.128. The van der Waals surface area contributed by atoms with Crippen LogP contribution in [0.1, 0.15) is 37.3 Å². The molecule has 1 aliphatic rings. The van der Waals surface area contributed by atoms with Crippen molar-refractivity contribution in [3.63, 3.8) is 0 Å². The average molecular weight is 401 g/mol. The molecule has 3 rings (SSSR count). The minimum Gasteiger partial charge on any atom is -0.481 e. The Morgan fingerprint density at radius 3 is 2.89 bits per heavy atom.